The Hall–Kier alpha value is -2.69. The van der Waals surface area contributed by atoms with Gasteiger partial charge in [-0.1, -0.05) is 30.3 Å². The van der Waals surface area contributed by atoms with Gasteiger partial charge in [-0.05, 0) is 12.5 Å². The molecule has 0 saturated carbocycles. The molecule has 0 spiro atoms. The molecule has 0 saturated heterocycles. The van der Waals surface area contributed by atoms with Crippen LogP contribution < -0.4 is 19.5 Å². The molecule has 0 aliphatic carbocycles. The van der Waals surface area contributed by atoms with Gasteiger partial charge in [-0.25, -0.2) is 0 Å². The van der Waals surface area contributed by atoms with Crippen molar-refractivity contribution in [3.05, 3.63) is 54.1 Å². The van der Waals surface area contributed by atoms with Gasteiger partial charge in [0.25, 0.3) is 5.91 Å². The van der Waals surface area contributed by atoms with E-state index in [-0.39, 0.29) is 18.6 Å². The van der Waals surface area contributed by atoms with E-state index >= 15 is 0 Å². The van der Waals surface area contributed by atoms with Crippen molar-refractivity contribution >= 4 is 5.91 Å². The summed E-state index contributed by atoms with van der Waals surface area (Å²) in [5.41, 5.74) is 1.05. The van der Waals surface area contributed by atoms with Crippen molar-refractivity contribution in [1.82, 2.24) is 5.32 Å². The smallest absolute Gasteiger partial charge is 0.258 e. The second-order valence-corrected chi connectivity index (χ2v) is 5.04. The van der Waals surface area contributed by atoms with E-state index < -0.39 is 0 Å². The molecule has 5 heteroatoms. The van der Waals surface area contributed by atoms with E-state index in [2.05, 4.69) is 5.32 Å². The number of nitrogens with one attached hydrogen (secondary N) is 1. The highest BCUT2D eigenvalue weighted by molar-refractivity contribution is 5.78. The molecule has 1 N–H and O–H groups in total. The third-order valence-electron chi connectivity index (χ3n) is 3.37. The number of carbonyl (C=O) groups excluding carboxylic acids is 1. The molecule has 0 fully saturated rings. The summed E-state index contributed by atoms with van der Waals surface area (Å²) < 4.78 is 15.8. The maximum absolute atomic E-state index is 12.0. The molecule has 2 rings (SSSR count). The number of hydrogen-bond acceptors (Lipinski definition) is 4. The Balaban J connectivity index is 1.91. The van der Waals surface area contributed by atoms with Crippen LogP contribution in [-0.4, -0.2) is 26.7 Å². The van der Waals surface area contributed by atoms with E-state index in [1.54, 1.807) is 32.4 Å². The molecular weight excluding hydrogens is 294 g/mol. The van der Waals surface area contributed by atoms with Gasteiger partial charge in [0.2, 0.25) is 0 Å². The summed E-state index contributed by atoms with van der Waals surface area (Å²) in [6.07, 6.45) is 0. The van der Waals surface area contributed by atoms with Gasteiger partial charge in [0, 0.05) is 18.2 Å². The van der Waals surface area contributed by atoms with Crippen molar-refractivity contribution in [3.63, 3.8) is 0 Å². The molecule has 0 aliphatic heterocycles. The van der Waals surface area contributed by atoms with Gasteiger partial charge < -0.3 is 19.5 Å². The number of ether oxygens (including phenoxy) is 3. The van der Waals surface area contributed by atoms with E-state index in [0.29, 0.717) is 17.2 Å². The second kappa shape index (κ2) is 8.08. The molecule has 0 aliphatic rings. The van der Waals surface area contributed by atoms with Gasteiger partial charge in [0.05, 0.1) is 20.3 Å². The summed E-state index contributed by atoms with van der Waals surface area (Å²) in [6.45, 7) is 1.86. The lowest BCUT2D eigenvalue weighted by Gasteiger charge is -2.15. The summed E-state index contributed by atoms with van der Waals surface area (Å²) in [7, 11) is 3.12. The molecule has 0 radical (unpaired) electrons. The molecule has 0 aromatic heterocycles. The average molecular weight is 315 g/mol. The van der Waals surface area contributed by atoms with Crippen LogP contribution in [0.15, 0.2) is 48.5 Å². The molecule has 0 bridgehead atoms. The van der Waals surface area contributed by atoms with Gasteiger partial charge in [-0.15, -0.1) is 0 Å². The zero-order valence-electron chi connectivity index (χ0n) is 13.5. The van der Waals surface area contributed by atoms with E-state index in [9.17, 15) is 4.79 Å². The average Bonchev–Trinajstić information content (AvgIpc) is 2.60. The Kier molecular flexibility index (Phi) is 5.86. The highest BCUT2D eigenvalue weighted by atomic mass is 16.5. The zero-order valence-corrected chi connectivity index (χ0v) is 13.5. The summed E-state index contributed by atoms with van der Waals surface area (Å²) in [4.78, 5) is 12.0. The lowest BCUT2D eigenvalue weighted by atomic mass is 10.1. The molecular formula is C18H21NO4. The van der Waals surface area contributed by atoms with Crippen LogP contribution in [0.25, 0.3) is 0 Å². The van der Waals surface area contributed by atoms with Crippen molar-refractivity contribution in [2.45, 2.75) is 13.0 Å². The first-order valence-corrected chi connectivity index (χ1v) is 7.32. The Morgan fingerprint density at radius 3 is 2.13 bits per heavy atom. The summed E-state index contributed by atoms with van der Waals surface area (Å²) in [5, 5.41) is 2.90. The number of benzene rings is 2. The highest BCUT2D eigenvalue weighted by Crippen LogP contribution is 2.27. The van der Waals surface area contributed by atoms with E-state index in [1.165, 1.54) is 0 Å². The summed E-state index contributed by atoms with van der Waals surface area (Å²) >= 11 is 0. The molecule has 2 aromatic carbocycles. The third kappa shape index (κ3) is 4.92. The zero-order chi connectivity index (χ0) is 16.7. The first-order chi connectivity index (χ1) is 11.1. The lowest BCUT2D eigenvalue weighted by Crippen LogP contribution is -2.31. The SMILES string of the molecule is COc1cc(OC)cc(OCC(=O)N[C@H](C)c2ccccc2)c1. The van der Waals surface area contributed by atoms with Crippen LogP contribution in [0.5, 0.6) is 17.2 Å². The minimum atomic E-state index is -0.192. The first-order valence-electron chi connectivity index (χ1n) is 7.32. The van der Waals surface area contributed by atoms with Crippen LogP contribution in [0.4, 0.5) is 0 Å². The Morgan fingerprint density at radius 1 is 1.00 bits per heavy atom. The molecule has 23 heavy (non-hydrogen) atoms. The van der Waals surface area contributed by atoms with Crippen molar-refractivity contribution in [1.29, 1.82) is 0 Å². The van der Waals surface area contributed by atoms with E-state index in [4.69, 9.17) is 14.2 Å². The quantitative estimate of drug-likeness (QED) is 0.853. The van der Waals surface area contributed by atoms with Gasteiger partial charge in [-0.2, -0.15) is 0 Å². The Morgan fingerprint density at radius 2 is 1.57 bits per heavy atom. The van der Waals surface area contributed by atoms with Gasteiger partial charge >= 0.3 is 0 Å². The van der Waals surface area contributed by atoms with E-state index in [1.807, 2.05) is 37.3 Å². The fraction of sp³-hybridized carbons (Fsp3) is 0.278. The third-order valence-corrected chi connectivity index (χ3v) is 3.37. The van der Waals surface area contributed by atoms with Gasteiger partial charge in [-0.3, -0.25) is 4.79 Å². The molecule has 122 valence electrons. The van der Waals surface area contributed by atoms with Gasteiger partial charge in [0.1, 0.15) is 17.2 Å². The molecule has 2 aromatic rings. The van der Waals surface area contributed by atoms with Gasteiger partial charge in [0.15, 0.2) is 6.61 Å². The molecule has 1 atom stereocenters. The molecule has 5 nitrogen and oxygen atoms in total. The van der Waals surface area contributed by atoms with Crippen molar-refractivity contribution in [2.75, 3.05) is 20.8 Å². The fourth-order valence-electron chi connectivity index (χ4n) is 2.12. The molecule has 0 heterocycles. The van der Waals surface area contributed by atoms with Crippen LogP contribution in [0.1, 0.15) is 18.5 Å². The van der Waals surface area contributed by atoms with Crippen LogP contribution in [0, 0.1) is 0 Å². The number of hydrogen-bond donors (Lipinski definition) is 1. The van der Waals surface area contributed by atoms with Crippen molar-refractivity contribution in [2.24, 2.45) is 0 Å². The maximum atomic E-state index is 12.0. The largest absolute Gasteiger partial charge is 0.496 e. The summed E-state index contributed by atoms with van der Waals surface area (Å²) in [5.74, 6) is 1.54. The van der Waals surface area contributed by atoms with Crippen molar-refractivity contribution < 1.29 is 19.0 Å². The van der Waals surface area contributed by atoms with Crippen LogP contribution in [0.3, 0.4) is 0 Å². The number of amides is 1. The highest BCUT2D eigenvalue weighted by Gasteiger charge is 2.10. The molecule has 0 unspecified atom stereocenters. The fourth-order valence-corrected chi connectivity index (χ4v) is 2.12. The minimum Gasteiger partial charge on any atom is -0.496 e. The summed E-state index contributed by atoms with van der Waals surface area (Å²) in [6, 6.07) is 14.8. The van der Waals surface area contributed by atoms with Crippen LogP contribution >= 0.6 is 0 Å². The van der Waals surface area contributed by atoms with Crippen LogP contribution in [-0.2, 0) is 4.79 Å². The lowest BCUT2D eigenvalue weighted by molar-refractivity contribution is -0.123. The number of methoxy groups -OCH3 is 2. The monoisotopic (exact) mass is 315 g/mol. The Labute approximate surface area is 136 Å². The minimum absolute atomic E-state index is 0.0759. The number of rotatable bonds is 7. The Bertz CT molecular complexity index is 620. The predicted octanol–water partition coefficient (Wildman–Crippen LogP) is 2.96. The second-order valence-electron chi connectivity index (χ2n) is 5.04. The topological polar surface area (TPSA) is 56.8 Å². The first kappa shape index (κ1) is 16.7. The van der Waals surface area contributed by atoms with Crippen LogP contribution in [0.2, 0.25) is 0 Å². The maximum Gasteiger partial charge on any atom is 0.258 e. The van der Waals surface area contributed by atoms with Crippen molar-refractivity contribution in [3.8, 4) is 17.2 Å². The van der Waals surface area contributed by atoms with E-state index in [0.717, 1.165) is 5.56 Å². The standard InChI is InChI=1S/C18H21NO4/c1-13(14-7-5-4-6-8-14)19-18(20)12-23-17-10-15(21-2)9-16(11-17)22-3/h4-11,13H,12H2,1-3H3,(H,19,20)/t13-/m1/s1. The molecule has 1 amide bonds. The normalized spacial score (nSPS) is 11.4. The number of carbonyl (C=O) groups is 1. The predicted molar refractivity (Wildman–Crippen MR) is 88.0 cm³/mol.